The molecule has 4 N–H and O–H groups in total. The predicted octanol–water partition coefficient (Wildman–Crippen LogP) is 1.05. The van der Waals surface area contributed by atoms with Gasteiger partial charge in [-0.2, -0.15) is 0 Å². The van der Waals surface area contributed by atoms with Gasteiger partial charge in [0, 0.05) is 19.6 Å². The Morgan fingerprint density at radius 1 is 1.14 bits per heavy atom. The normalized spacial score (nSPS) is 13.3. The number of nitrogens with one attached hydrogen (secondary N) is 2. The average molecular weight is 396 g/mol. The second-order valence-corrected chi connectivity index (χ2v) is 7.08. The highest BCUT2D eigenvalue weighted by Crippen LogP contribution is 2.08. The summed E-state index contributed by atoms with van der Waals surface area (Å²) in [5, 5.41) is 23.0. The molecule has 0 radical (unpaired) electrons. The molecule has 0 fully saturated rings. The van der Waals surface area contributed by atoms with Crippen molar-refractivity contribution in [2.24, 2.45) is 0 Å². The number of hydrogen-bond acceptors (Lipinski definition) is 6. The monoisotopic (exact) mass is 396 g/mol. The molecule has 2 atom stereocenters. The number of amides is 2. The third-order valence-electron chi connectivity index (χ3n) is 3.45. The Balaban J connectivity index is 2.59. The summed E-state index contributed by atoms with van der Waals surface area (Å²) in [5.41, 5.74) is 0.0710. The summed E-state index contributed by atoms with van der Waals surface area (Å²) in [6.07, 6.45) is -1.81. The van der Waals surface area contributed by atoms with Crippen LogP contribution in [-0.2, 0) is 25.7 Å². The van der Waals surface area contributed by atoms with Crippen molar-refractivity contribution in [3.8, 4) is 0 Å². The van der Waals surface area contributed by atoms with E-state index in [1.807, 2.05) is 30.3 Å². The van der Waals surface area contributed by atoms with Crippen molar-refractivity contribution in [2.75, 3.05) is 13.2 Å². The fraction of sp³-hybridized carbons (Fsp3) is 0.526. The number of hydrogen-bond donors (Lipinski definition) is 4. The van der Waals surface area contributed by atoms with Gasteiger partial charge in [0.05, 0.1) is 6.61 Å². The number of ether oxygens (including phenoxy) is 2. The van der Waals surface area contributed by atoms with Gasteiger partial charge in [0.2, 0.25) is 5.91 Å². The van der Waals surface area contributed by atoms with Crippen LogP contribution in [-0.4, -0.2) is 59.1 Å². The van der Waals surface area contributed by atoms with E-state index in [2.05, 4.69) is 10.6 Å². The Morgan fingerprint density at radius 2 is 1.79 bits per heavy atom. The van der Waals surface area contributed by atoms with Crippen LogP contribution in [0.1, 0.15) is 32.8 Å². The maximum absolute atomic E-state index is 12.3. The predicted molar refractivity (Wildman–Crippen MR) is 101 cm³/mol. The molecule has 9 heteroatoms. The molecule has 0 bridgehead atoms. The lowest BCUT2D eigenvalue weighted by Crippen LogP contribution is -2.51. The molecule has 0 aliphatic heterocycles. The highest BCUT2D eigenvalue weighted by Gasteiger charge is 2.26. The van der Waals surface area contributed by atoms with Crippen LogP contribution in [0, 0.1) is 0 Å². The first-order valence-corrected chi connectivity index (χ1v) is 8.89. The smallest absolute Gasteiger partial charge is 0.408 e. The molecule has 1 aromatic carbocycles. The lowest BCUT2D eigenvalue weighted by Gasteiger charge is -2.23. The Morgan fingerprint density at radius 3 is 2.32 bits per heavy atom. The first kappa shape index (κ1) is 23.4. The number of rotatable bonds is 10. The number of aliphatic hydroxyl groups is 1. The van der Waals surface area contributed by atoms with Crippen LogP contribution in [0.2, 0.25) is 0 Å². The van der Waals surface area contributed by atoms with E-state index < -0.39 is 35.7 Å². The van der Waals surface area contributed by atoms with Crippen molar-refractivity contribution in [2.45, 2.75) is 51.5 Å². The number of carboxylic acids is 1. The van der Waals surface area contributed by atoms with Crippen molar-refractivity contribution in [1.82, 2.24) is 10.6 Å². The van der Waals surface area contributed by atoms with E-state index >= 15 is 0 Å². The molecule has 0 saturated heterocycles. The Kier molecular flexibility index (Phi) is 9.40. The maximum Gasteiger partial charge on any atom is 0.408 e. The van der Waals surface area contributed by atoms with Gasteiger partial charge in [0.15, 0.2) is 0 Å². The van der Waals surface area contributed by atoms with Crippen LogP contribution in [0.25, 0.3) is 0 Å². The molecule has 1 rings (SSSR count). The molecule has 2 amide bonds. The van der Waals surface area contributed by atoms with E-state index in [9.17, 15) is 19.5 Å². The van der Waals surface area contributed by atoms with Gasteiger partial charge < -0.3 is 30.3 Å². The van der Waals surface area contributed by atoms with E-state index in [-0.39, 0.29) is 26.2 Å². The zero-order valence-corrected chi connectivity index (χ0v) is 16.3. The highest BCUT2D eigenvalue weighted by molar-refractivity contribution is 5.83. The lowest BCUT2D eigenvalue weighted by atomic mass is 10.2. The Labute approximate surface area is 164 Å². The summed E-state index contributed by atoms with van der Waals surface area (Å²) in [6.45, 7) is 4.47. The number of aliphatic carboxylic acids is 1. The molecule has 0 unspecified atom stereocenters. The summed E-state index contributed by atoms with van der Waals surface area (Å²) >= 11 is 0. The largest absolute Gasteiger partial charge is 0.480 e. The van der Waals surface area contributed by atoms with Crippen LogP contribution in [0.4, 0.5) is 4.79 Å². The third-order valence-corrected chi connectivity index (χ3v) is 3.45. The van der Waals surface area contributed by atoms with Gasteiger partial charge in [-0.1, -0.05) is 30.3 Å². The average Bonchev–Trinajstić information content (AvgIpc) is 2.61. The van der Waals surface area contributed by atoms with E-state index in [1.165, 1.54) is 0 Å². The summed E-state index contributed by atoms with van der Waals surface area (Å²) in [6, 6.07) is 7.81. The van der Waals surface area contributed by atoms with Crippen molar-refractivity contribution in [1.29, 1.82) is 0 Å². The quantitative estimate of drug-likeness (QED) is 0.464. The molecule has 28 heavy (non-hydrogen) atoms. The fourth-order valence-corrected chi connectivity index (χ4v) is 2.14. The summed E-state index contributed by atoms with van der Waals surface area (Å²) in [5.74, 6) is -1.91. The lowest BCUT2D eigenvalue weighted by molar-refractivity contribution is -0.140. The van der Waals surface area contributed by atoms with Gasteiger partial charge in [0.25, 0.3) is 0 Å². The Bertz CT molecular complexity index is 643. The van der Waals surface area contributed by atoms with Crippen molar-refractivity contribution in [3.05, 3.63) is 35.9 Å². The molecule has 9 nitrogen and oxygen atoms in total. The minimum atomic E-state index is -1.37. The van der Waals surface area contributed by atoms with E-state index in [0.717, 1.165) is 5.56 Å². The number of carboxylic acid groups (broad SMARTS) is 1. The first-order chi connectivity index (χ1) is 13.1. The molecule has 0 aliphatic rings. The Hall–Kier alpha value is -2.65. The zero-order valence-electron chi connectivity index (χ0n) is 16.3. The fourth-order valence-electron chi connectivity index (χ4n) is 2.14. The van der Waals surface area contributed by atoms with E-state index in [4.69, 9.17) is 14.6 Å². The van der Waals surface area contributed by atoms with Gasteiger partial charge in [-0.05, 0) is 26.3 Å². The van der Waals surface area contributed by atoms with E-state index in [1.54, 1.807) is 20.8 Å². The molecule has 0 spiro atoms. The SMILES string of the molecule is CC(C)(C)OC(=O)N[C@@H](CNC(=O)[C@H](CCO)OCc1ccccc1)C(=O)O. The molecule has 0 saturated carbocycles. The van der Waals surface area contributed by atoms with Crippen molar-refractivity contribution in [3.63, 3.8) is 0 Å². The third kappa shape index (κ3) is 9.33. The second-order valence-electron chi connectivity index (χ2n) is 7.08. The molecular weight excluding hydrogens is 368 g/mol. The minimum absolute atomic E-state index is 0.0515. The van der Waals surface area contributed by atoms with Gasteiger partial charge >= 0.3 is 12.1 Å². The van der Waals surface area contributed by atoms with Gasteiger partial charge in [0.1, 0.15) is 17.7 Å². The number of aliphatic hydroxyl groups excluding tert-OH is 1. The van der Waals surface area contributed by atoms with Gasteiger partial charge in [-0.3, -0.25) is 4.79 Å². The summed E-state index contributed by atoms with van der Waals surface area (Å²) < 4.78 is 10.6. The number of carbonyl (C=O) groups is 3. The number of benzene rings is 1. The number of alkyl carbamates (subject to hydrolysis) is 1. The minimum Gasteiger partial charge on any atom is -0.480 e. The van der Waals surface area contributed by atoms with Crippen LogP contribution < -0.4 is 10.6 Å². The van der Waals surface area contributed by atoms with Crippen LogP contribution in [0.5, 0.6) is 0 Å². The van der Waals surface area contributed by atoms with Gasteiger partial charge in [-0.15, -0.1) is 0 Å². The van der Waals surface area contributed by atoms with Crippen LogP contribution >= 0.6 is 0 Å². The molecule has 0 heterocycles. The molecular formula is C19H28N2O7. The molecule has 0 aliphatic carbocycles. The maximum atomic E-state index is 12.3. The highest BCUT2D eigenvalue weighted by atomic mass is 16.6. The summed E-state index contributed by atoms with van der Waals surface area (Å²) in [4.78, 5) is 35.4. The van der Waals surface area contributed by atoms with Crippen LogP contribution in [0.15, 0.2) is 30.3 Å². The molecule has 0 aromatic heterocycles. The van der Waals surface area contributed by atoms with Crippen molar-refractivity contribution >= 4 is 18.0 Å². The van der Waals surface area contributed by atoms with Gasteiger partial charge in [-0.25, -0.2) is 9.59 Å². The first-order valence-electron chi connectivity index (χ1n) is 8.89. The molecule has 156 valence electrons. The van der Waals surface area contributed by atoms with E-state index in [0.29, 0.717) is 0 Å². The topological polar surface area (TPSA) is 134 Å². The van der Waals surface area contributed by atoms with Crippen molar-refractivity contribution < 1.29 is 34.1 Å². The van der Waals surface area contributed by atoms with Crippen LogP contribution in [0.3, 0.4) is 0 Å². The standard InChI is InChI=1S/C19H28N2O7/c1-19(2,3)28-18(26)21-14(17(24)25)11-20-16(23)15(9-10-22)27-12-13-7-5-4-6-8-13/h4-8,14-15,22H,9-12H2,1-3H3,(H,20,23)(H,21,26)(H,24,25)/t14-,15-/m0/s1. The molecule has 1 aromatic rings. The summed E-state index contributed by atoms with van der Waals surface area (Å²) in [7, 11) is 0. The zero-order chi connectivity index (χ0) is 21.2. The number of carbonyl (C=O) groups excluding carboxylic acids is 2. The second kappa shape index (κ2) is 11.3.